The molecule has 2 aliphatic rings. The van der Waals surface area contributed by atoms with Crippen LogP contribution in [-0.2, 0) is 42.8 Å². The first-order chi connectivity index (χ1) is 24.7. The molecule has 18 nitrogen and oxygen atoms in total. The summed E-state index contributed by atoms with van der Waals surface area (Å²) in [6, 6.07) is 8.49. The maximum Gasteiger partial charge on any atom is 0.331 e. The second kappa shape index (κ2) is 17.6. The van der Waals surface area contributed by atoms with Crippen molar-refractivity contribution in [2.75, 3.05) is 34.0 Å². The predicted molar refractivity (Wildman–Crippen MR) is 173 cm³/mol. The lowest BCUT2D eigenvalue weighted by molar-refractivity contribution is -0.383. The highest BCUT2D eigenvalue weighted by Gasteiger charge is 2.61. The Morgan fingerprint density at radius 2 is 1.38 bits per heavy atom. The van der Waals surface area contributed by atoms with Crippen molar-refractivity contribution in [2.45, 2.75) is 61.7 Å². The first-order valence-electron chi connectivity index (χ1n) is 15.7. The van der Waals surface area contributed by atoms with Crippen LogP contribution in [0, 0.1) is 0 Å². The normalized spacial score (nSPS) is 28.8. The van der Waals surface area contributed by atoms with Crippen LogP contribution in [0.3, 0.4) is 0 Å². The molecule has 2 fully saturated rings. The number of carbonyl (C=O) groups is 3. The van der Waals surface area contributed by atoms with Crippen molar-refractivity contribution in [3.63, 3.8) is 0 Å². The van der Waals surface area contributed by atoms with Gasteiger partial charge in [0.25, 0.3) is 0 Å². The van der Waals surface area contributed by atoms with Gasteiger partial charge < -0.3 is 73.6 Å². The predicted octanol–water partition coefficient (Wildman–Crippen LogP) is -0.868. The van der Waals surface area contributed by atoms with Gasteiger partial charge in [-0.3, -0.25) is 4.79 Å². The molecule has 0 aliphatic carbocycles. The number of esters is 3. The van der Waals surface area contributed by atoms with E-state index in [1.54, 1.807) is 0 Å². The molecular formula is C34H40O18. The quantitative estimate of drug-likeness (QED) is 0.0706. The van der Waals surface area contributed by atoms with Crippen molar-refractivity contribution < 1.29 is 88.0 Å². The van der Waals surface area contributed by atoms with Gasteiger partial charge in [0.15, 0.2) is 35.2 Å². The molecule has 284 valence electrons. The van der Waals surface area contributed by atoms with E-state index in [9.17, 15) is 50.1 Å². The number of hydrogen-bond acceptors (Lipinski definition) is 18. The number of aliphatic hydroxyl groups is 5. The average Bonchev–Trinajstić information content (AvgIpc) is 3.38. The Bertz CT molecular complexity index is 1630. The monoisotopic (exact) mass is 736 g/mol. The average molecular weight is 737 g/mol. The van der Waals surface area contributed by atoms with Crippen molar-refractivity contribution in [3.05, 3.63) is 59.7 Å². The summed E-state index contributed by atoms with van der Waals surface area (Å²) >= 11 is 0. The van der Waals surface area contributed by atoms with Gasteiger partial charge in [-0.2, -0.15) is 0 Å². The molecule has 0 spiro atoms. The zero-order chi connectivity index (χ0) is 38.2. The number of ether oxygens (including phenoxy) is 8. The van der Waals surface area contributed by atoms with Crippen LogP contribution in [0.5, 0.6) is 23.0 Å². The number of aliphatic hydroxyl groups excluding tert-OH is 5. The van der Waals surface area contributed by atoms with Crippen LogP contribution in [0.15, 0.2) is 48.6 Å². The van der Waals surface area contributed by atoms with Crippen LogP contribution in [0.4, 0.5) is 0 Å². The molecule has 0 radical (unpaired) electrons. The fourth-order valence-electron chi connectivity index (χ4n) is 5.37. The summed E-state index contributed by atoms with van der Waals surface area (Å²) in [5.74, 6) is -5.52. The Hall–Kier alpha value is -4.79. The van der Waals surface area contributed by atoms with Gasteiger partial charge in [-0.05, 0) is 47.5 Å². The first-order valence-corrected chi connectivity index (χ1v) is 15.7. The minimum Gasteiger partial charge on any atom is -0.504 e. The van der Waals surface area contributed by atoms with E-state index in [0.717, 1.165) is 19.1 Å². The van der Waals surface area contributed by atoms with Gasteiger partial charge in [0, 0.05) is 19.1 Å². The summed E-state index contributed by atoms with van der Waals surface area (Å²) in [7, 11) is 2.68. The molecular weight excluding hydrogens is 696 g/mol. The molecule has 9 unspecified atom stereocenters. The number of carbonyl (C=O) groups excluding carboxylic acids is 3. The largest absolute Gasteiger partial charge is 0.504 e. The lowest BCUT2D eigenvalue weighted by atomic mass is 9.98. The van der Waals surface area contributed by atoms with E-state index in [0.29, 0.717) is 11.1 Å². The van der Waals surface area contributed by atoms with Crippen molar-refractivity contribution in [3.8, 4) is 23.0 Å². The number of aromatic hydroxyl groups is 2. The zero-order valence-electron chi connectivity index (χ0n) is 28.1. The third-order valence-corrected chi connectivity index (χ3v) is 8.00. The summed E-state index contributed by atoms with van der Waals surface area (Å²) in [5, 5.41) is 72.4. The van der Waals surface area contributed by atoms with E-state index >= 15 is 0 Å². The van der Waals surface area contributed by atoms with Crippen LogP contribution < -0.4 is 9.47 Å². The van der Waals surface area contributed by atoms with Gasteiger partial charge >= 0.3 is 17.9 Å². The summed E-state index contributed by atoms with van der Waals surface area (Å²) < 4.78 is 43.2. The van der Waals surface area contributed by atoms with Gasteiger partial charge in [-0.25, -0.2) is 9.59 Å². The third kappa shape index (κ3) is 9.35. The molecule has 0 bridgehead atoms. The maximum absolute atomic E-state index is 13.1. The van der Waals surface area contributed by atoms with Gasteiger partial charge in [-0.1, -0.05) is 12.1 Å². The lowest BCUT2D eigenvalue weighted by Crippen LogP contribution is -2.64. The highest BCUT2D eigenvalue weighted by molar-refractivity contribution is 5.88. The molecule has 0 amide bonds. The van der Waals surface area contributed by atoms with Crippen LogP contribution in [-0.4, -0.2) is 142 Å². The van der Waals surface area contributed by atoms with E-state index in [-0.39, 0.29) is 23.0 Å². The summed E-state index contributed by atoms with van der Waals surface area (Å²) in [4.78, 5) is 37.6. The van der Waals surface area contributed by atoms with E-state index < -0.39 is 92.5 Å². The highest BCUT2D eigenvalue weighted by Crippen LogP contribution is 2.39. The van der Waals surface area contributed by atoms with Crippen LogP contribution in [0.1, 0.15) is 18.1 Å². The number of phenols is 2. The Morgan fingerprint density at radius 1 is 0.808 bits per heavy atom. The number of phenolic OH excluding ortho intramolecular Hbond substituents is 2. The van der Waals surface area contributed by atoms with Gasteiger partial charge in [0.1, 0.15) is 43.7 Å². The van der Waals surface area contributed by atoms with Crippen molar-refractivity contribution in [1.29, 1.82) is 0 Å². The van der Waals surface area contributed by atoms with Crippen molar-refractivity contribution >= 4 is 30.1 Å². The second-order valence-corrected chi connectivity index (χ2v) is 11.5. The minimum absolute atomic E-state index is 0.112. The van der Waals surface area contributed by atoms with E-state index in [1.807, 2.05) is 0 Å². The zero-order valence-corrected chi connectivity index (χ0v) is 28.1. The maximum atomic E-state index is 13.1. The van der Waals surface area contributed by atoms with Crippen molar-refractivity contribution in [1.82, 2.24) is 0 Å². The molecule has 2 heterocycles. The van der Waals surface area contributed by atoms with E-state index in [1.165, 1.54) is 62.8 Å². The smallest absolute Gasteiger partial charge is 0.331 e. The SMILES string of the molecule is COc1cc(C=CC(=O)OCC2OC(CO)(OC3OC(CO)C(O)C(O)C3OC(C)=O)C(OC(=O)C=Cc3ccc(O)c(OC)c3)C2O)ccc1O. The number of benzene rings is 2. The molecule has 0 aromatic heterocycles. The van der Waals surface area contributed by atoms with Crippen LogP contribution in [0.2, 0.25) is 0 Å². The molecule has 2 aliphatic heterocycles. The molecule has 2 saturated heterocycles. The number of rotatable bonds is 14. The molecule has 4 rings (SSSR count). The summed E-state index contributed by atoms with van der Waals surface area (Å²) in [6.07, 6.45) is -9.51. The van der Waals surface area contributed by atoms with E-state index in [2.05, 4.69) is 0 Å². The first kappa shape index (κ1) is 40.0. The standard InChI is InChI=1S/C34H40O18/c1-17(37)48-31-30(44)28(42)24(14-35)49-33(31)52-34(16-36)32(50-27(41)11-7-19-5-9-21(39)23(13-19)46-3)29(43)25(51-34)15-47-26(40)10-6-18-4-8-20(38)22(12-18)45-2/h4-13,24-25,28-33,35-36,38-39,42-44H,14-16H2,1-3H3. The lowest BCUT2D eigenvalue weighted by Gasteiger charge is -2.44. The van der Waals surface area contributed by atoms with Gasteiger partial charge in [-0.15, -0.1) is 0 Å². The molecule has 52 heavy (non-hydrogen) atoms. The van der Waals surface area contributed by atoms with Crippen molar-refractivity contribution in [2.24, 2.45) is 0 Å². The summed E-state index contributed by atoms with van der Waals surface area (Å²) in [6.45, 7) is -1.72. The topological polar surface area (TPSA) is 267 Å². The highest BCUT2D eigenvalue weighted by atomic mass is 16.8. The summed E-state index contributed by atoms with van der Waals surface area (Å²) in [5.41, 5.74) is 0.857. The molecule has 7 N–H and O–H groups in total. The third-order valence-electron chi connectivity index (χ3n) is 8.00. The fourth-order valence-corrected chi connectivity index (χ4v) is 5.37. The van der Waals surface area contributed by atoms with Crippen LogP contribution in [0.25, 0.3) is 12.2 Å². The number of hydrogen-bond donors (Lipinski definition) is 7. The second-order valence-electron chi connectivity index (χ2n) is 11.5. The van der Waals surface area contributed by atoms with E-state index in [4.69, 9.17) is 37.9 Å². The Morgan fingerprint density at radius 3 is 1.90 bits per heavy atom. The molecule has 18 heteroatoms. The minimum atomic E-state index is -2.55. The number of methoxy groups -OCH3 is 2. The Labute approximate surface area is 296 Å². The van der Waals surface area contributed by atoms with Gasteiger partial charge in [0.05, 0.1) is 20.8 Å². The van der Waals surface area contributed by atoms with Gasteiger partial charge in [0.2, 0.25) is 12.1 Å². The molecule has 9 atom stereocenters. The Balaban J connectivity index is 1.59. The molecule has 2 aromatic carbocycles. The molecule has 2 aromatic rings. The fraction of sp³-hybridized carbons (Fsp3) is 0.441. The molecule has 0 saturated carbocycles. The Kier molecular flexibility index (Phi) is 13.6. The van der Waals surface area contributed by atoms with Crippen LogP contribution >= 0.6 is 0 Å².